The number of hydrazine groups is 1. The second kappa shape index (κ2) is 5.29. The summed E-state index contributed by atoms with van der Waals surface area (Å²) < 4.78 is 32.5. The van der Waals surface area contributed by atoms with Crippen LogP contribution in [0.5, 0.6) is 11.6 Å². The van der Waals surface area contributed by atoms with Crippen LogP contribution >= 0.6 is 0 Å². The molecule has 0 fully saturated rings. The van der Waals surface area contributed by atoms with E-state index in [0.717, 1.165) is 5.39 Å². The summed E-state index contributed by atoms with van der Waals surface area (Å²) in [5, 5.41) is 0.828. The van der Waals surface area contributed by atoms with E-state index in [9.17, 15) is 8.78 Å². The standard InChI is InChI=1S/C14H10F2N4O/c15-9-7-10(16)14(19-13(9)20-17)21-11-5-1-3-8-4-2-6-18-12(8)11/h1-7H,17H2,(H,19,20). The zero-order valence-corrected chi connectivity index (χ0v) is 10.7. The molecule has 2 aromatic heterocycles. The van der Waals surface area contributed by atoms with Gasteiger partial charge in [-0.1, -0.05) is 18.2 Å². The number of nitrogens with two attached hydrogens (primary N) is 1. The molecule has 3 N–H and O–H groups in total. The van der Waals surface area contributed by atoms with Crippen LogP contribution < -0.4 is 16.0 Å². The number of pyridine rings is 2. The molecule has 106 valence electrons. The van der Waals surface area contributed by atoms with Gasteiger partial charge >= 0.3 is 0 Å². The molecule has 0 saturated heterocycles. The van der Waals surface area contributed by atoms with E-state index in [2.05, 4.69) is 9.97 Å². The molecule has 21 heavy (non-hydrogen) atoms. The van der Waals surface area contributed by atoms with Gasteiger partial charge in [0.15, 0.2) is 23.2 Å². The average Bonchev–Trinajstić information content (AvgIpc) is 2.50. The number of aromatic nitrogens is 2. The minimum Gasteiger partial charge on any atom is -0.434 e. The minimum absolute atomic E-state index is 0.306. The number of fused-ring (bicyclic) bond motifs is 1. The molecular weight excluding hydrogens is 278 g/mol. The molecule has 0 spiro atoms. The number of hydrogen-bond donors (Lipinski definition) is 2. The van der Waals surface area contributed by atoms with Gasteiger partial charge in [-0.2, -0.15) is 4.98 Å². The maximum atomic E-state index is 13.7. The number of rotatable bonds is 3. The highest BCUT2D eigenvalue weighted by Gasteiger charge is 2.14. The van der Waals surface area contributed by atoms with E-state index in [0.29, 0.717) is 17.3 Å². The molecular formula is C14H10F2N4O. The second-order valence-corrected chi connectivity index (χ2v) is 4.18. The number of nitrogens with one attached hydrogen (secondary N) is 1. The lowest BCUT2D eigenvalue weighted by molar-refractivity contribution is 0.421. The molecule has 0 bridgehead atoms. The van der Waals surface area contributed by atoms with E-state index in [1.54, 1.807) is 24.4 Å². The molecule has 2 heterocycles. The van der Waals surface area contributed by atoms with E-state index in [-0.39, 0.29) is 11.7 Å². The van der Waals surface area contributed by atoms with Crippen LogP contribution in [0.25, 0.3) is 10.9 Å². The van der Waals surface area contributed by atoms with Gasteiger partial charge in [0.25, 0.3) is 5.88 Å². The van der Waals surface area contributed by atoms with Crippen molar-refractivity contribution in [3.8, 4) is 11.6 Å². The molecule has 0 unspecified atom stereocenters. The van der Waals surface area contributed by atoms with Crippen LogP contribution in [0.3, 0.4) is 0 Å². The fourth-order valence-electron chi connectivity index (χ4n) is 1.89. The number of benzene rings is 1. The van der Waals surface area contributed by atoms with E-state index in [1.165, 1.54) is 0 Å². The van der Waals surface area contributed by atoms with Crippen molar-refractivity contribution in [2.45, 2.75) is 0 Å². The van der Waals surface area contributed by atoms with Crippen molar-refractivity contribution in [2.75, 3.05) is 5.43 Å². The smallest absolute Gasteiger partial charge is 0.258 e. The van der Waals surface area contributed by atoms with E-state index < -0.39 is 11.6 Å². The van der Waals surface area contributed by atoms with Gasteiger partial charge in [0.05, 0.1) is 0 Å². The Kier molecular flexibility index (Phi) is 3.33. The van der Waals surface area contributed by atoms with Crippen LogP contribution in [0.1, 0.15) is 0 Å². The summed E-state index contributed by atoms with van der Waals surface area (Å²) >= 11 is 0. The van der Waals surface area contributed by atoms with Crippen molar-refractivity contribution < 1.29 is 13.5 Å². The number of ether oxygens (including phenoxy) is 1. The number of anilines is 1. The Bertz CT molecular complexity index is 805. The molecule has 0 aliphatic carbocycles. The Hall–Kier alpha value is -2.80. The Morgan fingerprint density at radius 1 is 1.10 bits per heavy atom. The van der Waals surface area contributed by atoms with Crippen LogP contribution in [-0.4, -0.2) is 9.97 Å². The molecule has 0 aliphatic rings. The predicted molar refractivity (Wildman–Crippen MR) is 73.8 cm³/mol. The third-order valence-corrected chi connectivity index (χ3v) is 2.84. The van der Waals surface area contributed by atoms with E-state index >= 15 is 0 Å². The summed E-state index contributed by atoms with van der Waals surface area (Å²) in [4.78, 5) is 7.83. The average molecular weight is 288 g/mol. The third kappa shape index (κ3) is 2.46. The molecule has 0 atom stereocenters. The fourth-order valence-corrected chi connectivity index (χ4v) is 1.89. The Labute approximate surface area is 118 Å². The highest BCUT2D eigenvalue weighted by Crippen LogP contribution is 2.30. The minimum atomic E-state index is -0.931. The fraction of sp³-hybridized carbons (Fsp3) is 0. The first-order chi connectivity index (χ1) is 10.2. The Morgan fingerprint density at radius 3 is 2.71 bits per heavy atom. The largest absolute Gasteiger partial charge is 0.434 e. The first-order valence-corrected chi connectivity index (χ1v) is 6.03. The second-order valence-electron chi connectivity index (χ2n) is 4.18. The molecule has 3 aromatic rings. The van der Waals surface area contributed by atoms with Crippen LogP contribution in [0.2, 0.25) is 0 Å². The predicted octanol–water partition coefficient (Wildman–Crippen LogP) is 2.99. The molecule has 3 rings (SSSR count). The van der Waals surface area contributed by atoms with Crippen LogP contribution in [0, 0.1) is 11.6 Å². The van der Waals surface area contributed by atoms with Crippen molar-refractivity contribution in [1.82, 2.24) is 9.97 Å². The number of nitrogen functional groups attached to an aromatic ring is 1. The van der Waals surface area contributed by atoms with E-state index in [1.807, 2.05) is 17.6 Å². The lowest BCUT2D eigenvalue weighted by atomic mass is 10.2. The van der Waals surface area contributed by atoms with Gasteiger partial charge in [-0.15, -0.1) is 0 Å². The molecule has 0 saturated carbocycles. The maximum Gasteiger partial charge on any atom is 0.258 e. The Morgan fingerprint density at radius 2 is 1.90 bits per heavy atom. The summed E-state index contributed by atoms with van der Waals surface area (Å²) in [5.74, 6) is 2.90. The van der Waals surface area contributed by atoms with Crippen molar-refractivity contribution >= 4 is 16.7 Å². The van der Waals surface area contributed by atoms with Crippen molar-refractivity contribution in [3.63, 3.8) is 0 Å². The summed E-state index contributed by atoms with van der Waals surface area (Å²) in [6.45, 7) is 0. The molecule has 0 amide bonds. The zero-order chi connectivity index (χ0) is 14.8. The lowest BCUT2D eigenvalue weighted by Gasteiger charge is -2.09. The van der Waals surface area contributed by atoms with Crippen molar-refractivity contribution in [3.05, 3.63) is 54.2 Å². The van der Waals surface area contributed by atoms with Gasteiger partial charge in [-0.25, -0.2) is 14.6 Å². The first-order valence-electron chi connectivity index (χ1n) is 6.03. The summed E-state index contributed by atoms with van der Waals surface area (Å²) in [6, 6.07) is 9.47. The summed E-state index contributed by atoms with van der Waals surface area (Å²) in [7, 11) is 0. The monoisotopic (exact) mass is 288 g/mol. The Balaban J connectivity index is 2.07. The van der Waals surface area contributed by atoms with E-state index in [4.69, 9.17) is 10.6 Å². The molecule has 5 nitrogen and oxygen atoms in total. The van der Waals surface area contributed by atoms with Crippen LogP contribution in [0.4, 0.5) is 14.6 Å². The molecule has 1 aromatic carbocycles. The van der Waals surface area contributed by atoms with Gasteiger partial charge in [0, 0.05) is 17.6 Å². The van der Waals surface area contributed by atoms with Crippen LogP contribution in [-0.2, 0) is 0 Å². The van der Waals surface area contributed by atoms with Crippen molar-refractivity contribution in [1.29, 1.82) is 0 Å². The SMILES string of the molecule is NNc1nc(Oc2cccc3cccnc23)c(F)cc1F. The molecule has 0 aliphatic heterocycles. The van der Waals surface area contributed by atoms with Gasteiger partial charge < -0.3 is 10.2 Å². The summed E-state index contributed by atoms with van der Waals surface area (Å²) in [6.07, 6.45) is 1.59. The number of nitrogens with zero attached hydrogens (tertiary/aromatic N) is 2. The van der Waals surface area contributed by atoms with Gasteiger partial charge in [-0.3, -0.25) is 4.98 Å². The maximum absolute atomic E-state index is 13.7. The summed E-state index contributed by atoms with van der Waals surface area (Å²) in [5.41, 5.74) is 2.59. The highest BCUT2D eigenvalue weighted by molar-refractivity contribution is 5.84. The number of halogens is 2. The number of hydrogen-bond acceptors (Lipinski definition) is 5. The topological polar surface area (TPSA) is 73.1 Å². The zero-order valence-electron chi connectivity index (χ0n) is 10.7. The quantitative estimate of drug-likeness (QED) is 0.572. The van der Waals surface area contributed by atoms with Gasteiger partial charge in [0.1, 0.15) is 5.52 Å². The normalized spacial score (nSPS) is 10.6. The highest BCUT2D eigenvalue weighted by atomic mass is 19.1. The van der Waals surface area contributed by atoms with Crippen LogP contribution in [0.15, 0.2) is 42.6 Å². The first kappa shape index (κ1) is 13.2. The van der Waals surface area contributed by atoms with Gasteiger partial charge in [0.2, 0.25) is 0 Å². The molecule has 0 radical (unpaired) electrons. The third-order valence-electron chi connectivity index (χ3n) is 2.84. The van der Waals surface area contributed by atoms with Gasteiger partial charge in [-0.05, 0) is 12.1 Å². The lowest BCUT2D eigenvalue weighted by Crippen LogP contribution is -2.11. The molecule has 7 heteroatoms. The number of para-hydroxylation sites is 1. The van der Waals surface area contributed by atoms with Crippen molar-refractivity contribution in [2.24, 2.45) is 5.84 Å².